The number of benzene rings is 1. The molecule has 0 saturated carbocycles. The van der Waals surface area contributed by atoms with Crippen LogP contribution in [-0.4, -0.2) is 48.1 Å². The topological polar surface area (TPSA) is 32.3 Å². The van der Waals surface area contributed by atoms with Gasteiger partial charge in [0.2, 0.25) is 0 Å². The number of hydrogen-bond acceptors (Lipinski definition) is 4. The molecule has 2 aromatic rings. The molecule has 1 aromatic carbocycles. The fraction of sp³-hybridized carbons (Fsp3) is 0.444. The van der Waals surface area contributed by atoms with Gasteiger partial charge in [0.25, 0.3) is 0 Å². The fourth-order valence-corrected chi connectivity index (χ4v) is 3.04. The van der Waals surface area contributed by atoms with Crippen LogP contribution in [0.4, 0.5) is 5.82 Å². The SMILES string of the molecule is CN(C)C1CCN(c2ccnc(Cc3ccccc3)n2)CC1. The van der Waals surface area contributed by atoms with Crippen LogP contribution in [0, 0.1) is 0 Å². The minimum Gasteiger partial charge on any atom is -0.356 e. The van der Waals surface area contributed by atoms with Gasteiger partial charge in [0.05, 0.1) is 0 Å². The molecule has 4 nitrogen and oxygen atoms in total. The van der Waals surface area contributed by atoms with Crippen molar-refractivity contribution >= 4 is 5.82 Å². The van der Waals surface area contributed by atoms with Crippen molar-refractivity contribution in [3.8, 4) is 0 Å². The zero-order valence-corrected chi connectivity index (χ0v) is 13.4. The molecule has 1 aliphatic rings. The summed E-state index contributed by atoms with van der Waals surface area (Å²) in [5.74, 6) is 1.97. The van der Waals surface area contributed by atoms with Crippen LogP contribution in [-0.2, 0) is 6.42 Å². The Morgan fingerprint density at radius 2 is 1.82 bits per heavy atom. The Bertz CT molecular complexity index is 589. The molecular formula is C18H24N4. The van der Waals surface area contributed by atoms with E-state index in [4.69, 9.17) is 4.98 Å². The lowest BCUT2D eigenvalue weighted by atomic mass is 10.0. The van der Waals surface area contributed by atoms with E-state index in [2.05, 4.69) is 53.1 Å². The van der Waals surface area contributed by atoms with E-state index in [-0.39, 0.29) is 0 Å². The average Bonchev–Trinajstić information content (AvgIpc) is 2.56. The Kier molecular flexibility index (Phi) is 4.68. The smallest absolute Gasteiger partial charge is 0.135 e. The summed E-state index contributed by atoms with van der Waals surface area (Å²) in [6.45, 7) is 2.15. The monoisotopic (exact) mass is 296 g/mol. The lowest BCUT2D eigenvalue weighted by Crippen LogP contribution is -2.42. The molecular weight excluding hydrogens is 272 g/mol. The second-order valence-electron chi connectivity index (χ2n) is 6.18. The number of aromatic nitrogens is 2. The lowest BCUT2D eigenvalue weighted by Gasteiger charge is -2.35. The zero-order chi connectivity index (χ0) is 15.4. The summed E-state index contributed by atoms with van der Waals surface area (Å²) in [4.78, 5) is 13.9. The Morgan fingerprint density at radius 3 is 2.50 bits per heavy atom. The lowest BCUT2D eigenvalue weighted by molar-refractivity contribution is 0.249. The van der Waals surface area contributed by atoms with Gasteiger partial charge < -0.3 is 9.80 Å². The quantitative estimate of drug-likeness (QED) is 0.868. The Labute approximate surface area is 132 Å². The summed E-state index contributed by atoms with van der Waals surface area (Å²) >= 11 is 0. The van der Waals surface area contributed by atoms with Gasteiger partial charge in [-0.05, 0) is 38.6 Å². The van der Waals surface area contributed by atoms with E-state index >= 15 is 0 Å². The second-order valence-corrected chi connectivity index (χ2v) is 6.18. The summed E-state index contributed by atoms with van der Waals surface area (Å²) in [6.07, 6.45) is 5.08. The largest absolute Gasteiger partial charge is 0.356 e. The normalized spacial score (nSPS) is 16.2. The van der Waals surface area contributed by atoms with E-state index in [1.54, 1.807) is 0 Å². The molecule has 0 N–H and O–H groups in total. The van der Waals surface area contributed by atoms with Gasteiger partial charge in [0.15, 0.2) is 0 Å². The molecule has 1 aliphatic heterocycles. The minimum absolute atomic E-state index is 0.696. The van der Waals surface area contributed by atoms with Crippen LogP contribution in [0.25, 0.3) is 0 Å². The molecule has 0 unspecified atom stereocenters. The molecule has 1 saturated heterocycles. The number of hydrogen-bond donors (Lipinski definition) is 0. The Morgan fingerprint density at radius 1 is 1.09 bits per heavy atom. The molecule has 0 radical (unpaired) electrons. The maximum Gasteiger partial charge on any atom is 0.135 e. The van der Waals surface area contributed by atoms with Crippen molar-refractivity contribution in [1.82, 2.24) is 14.9 Å². The average molecular weight is 296 g/mol. The predicted octanol–water partition coefficient (Wildman–Crippen LogP) is 2.60. The van der Waals surface area contributed by atoms with E-state index in [0.29, 0.717) is 6.04 Å². The summed E-state index contributed by atoms with van der Waals surface area (Å²) in [5, 5.41) is 0. The van der Waals surface area contributed by atoms with Gasteiger partial charge in [-0.15, -0.1) is 0 Å². The molecule has 1 aromatic heterocycles. The Hall–Kier alpha value is -1.94. The van der Waals surface area contributed by atoms with Crippen LogP contribution in [0.3, 0.4) is 0 Å². The van der Waals surface area contributed by atoms with Gasteiger partial charge in [-0.3, -0.25) is 0 Å². The van der Waals surface area contributed by atoms with Gasteiger partial charge in [0, 0.05) is 31.7 Å². The molecule has 4 heteroatoms. The molecule has 0 spiro atoms. The molecule has 1 fully saturated rings. The highest BCUT2D eigenvalue weighted by Crippen LogP contribution is 2.20. The van der Waals surface area contributed by atoms with Crippen LogP contribution < -0.4 is 4.90 Å². The number of nitrogens with zero attached hydrogens (tertiary/aromatic N) is 4. The van der Waals surface area contributed by atoms with Crippen LogP contribution in [0.2, 0.25) is 0 Å². The molecule has 3 rings (SSSR count). The van der Waals surface area contributed by atoms with E-state index in [0.717, 1.165) is 31.2 Å². The fourth-order valence-electron chi connectivity index (χ4n) is 3.04. The highest BCUT2D eigenvalue weighted by Gasteiger charge is 2.21. The first-order chi connectivity index (χ1) is 10.7. The van der Waals surface area contributed by atoms with Crippen molar-refractivity contribution < 1.29 is 0 Å². The van der Waals surface area contributed by atoms with E-state index in [1.165, 1.54) is 18.4 Å². The number of anilines is 1. The van der Waals surface area contributed by atoms with Crippen molar-refractivity contribution in [2.45, 2.75) is 25.3 Å². The van der Waals surface area contributed by atoms with Gasteiger partial charge >= 0.3 is 0 Å². The highest BCUT2D eigenvalue weighted by atomic mass is 15.2. The highest BCUT2D eigenvalue weighted by molar-refractivity contribution is 5.38. The number of rotatable bonds is 4. The molecule has 0 aliphatic carbocycles. The molecule has 0 atom stereocenters. The minimum atomic E-state index is 0.696. The predicted molar refractivity (Wildman–Crippen MR) is 90.2 cm³/mol. The standard InChI is InChI=1S/C18H24N4/c1-21(2)16-9-12-22(13-10-16)18-8-11-19-17(20-18)14-15-6-4-3-5-7-15/h3-8,11,16H,9-10,12-14H2,1-2H3. The van der Waals surface area contributed by atoms with Gasteiger partial charge in [-0.2, -0.15) is 0 Å². The van der Waals surface area contributed by atoms with Crippen molar-refractivity contribution in [2.24, 2.45) is 0 Å². The third-order valence-electron chi connectivity index (χ3n) is 4.41. The molecule has 2 heterocycles. The maximum absolute atomic E-state index is 4.76. The first-order valence-corrected chi connectivity index (χ1v) is 7.99. The van der Waals surface area contributed by atoms with E-state index in [1.807, 2.05) is 18.3 Å². The van der Waals surface area contributed by atoms with Crippen molar-refractivity contribution in [2.75, 3.05) is 32.1 Å². The third-order valence-corrected chi connectivity index (χ3v) is 4.41. The first-order valence-electron chi connectivity index (χ1n) is 7.99. The van der Waals surface area contributed by atoms with Crippen LogP contribution in [0.1, 0.15) is 24.2 Å². The summed E-state index contributed by atoms with van der Waals surface area (Å²) in [7, 11) is 4.34. The Balaban J connectivity index is 1.67. The summed E-state index contributed by atoms with van der Waals surface area (Å²) in [6, 6.07) is 13.1. The van der Waals surface area contributed by atoms with Crippen molar-refractivity contribution in [3.05, 3.63) is 54.0 Å². The summed E-state index contributed by atoms with van der Waals surface area (Å²) < 4.78 is 0. The molecule has 116 valence electrons. The van der Waals surface area contributed by atoms with Gasteiger partial charge in [0.1, 0.15) is 11.6 Å². The second kappa shape index (κ2) is 6.88. The van der Waals surface area contributed by atoms with E-state index in [9.17, 15) is 0 Å². The maximum atomic E-state index is 4.76. The number of piperidine rings is 1. The van der Waals surface area contributed by atoms with Gasteiger partial charge in [-0.25, -0.2) is 9.97 Å². The van der Waals surface area contributed by atoms with Gasteiger partial charge in [-0.1, -0.05) is 30.3 Å². The first kappa shape index (κ1) is 15.0. The van der Waals surface area contributed by atoms with Crippen LogP contribution >= 0.6 is 0 Å². The van der Waals surface area contributed by atoms with Crippen molar-refractivity contribution in [1.29, 1.82) is 0 Å². The molecule has 0 amide bonds. The van der Waals surface area contributed by atoms with Crippen LogP contribution in [0.5, 0.6) is 0 Å². The zero-order valence-electron chi connectivity index (χ0n) is 13.4. The molecule has 22 heavy (non-hydrogen) atoms. The van der Waals surface area contributed by atoms with E-state index < -0.39 is 0 Å². The van der Waals surface area contributed by atoms with Crippen LogP contribution in [0.15, 0.2) is 42.6 Å². The van der Waals surface area contributed by atoms with Crippen molar-refractivity contribution in [3.63, 3.8) is 0 Å². The summed E-state index contributed by atoms with van der Waals surface area (Å²) in [5.41, 5.74) is 1.26. The molecule has 0 bridgehead atoms. The third kappa shape index (κ3) is 3.63.